The van der Waals surface area contributed by atoms with Crippen LogP contribution in [0.25, 0.3) is 0 Å². The zero-order valence-corrected chi connectivity index (χ0v) is 8.34. The molecular weight excluding hydrogens is 160 g/mol. The van der Waals surface area contributed by atoms with E-state index in [-0.39, 0.29) is 0 Å². The summed E-state index contributed by atoms with van der Waals surface area (Å²) in [6.07, 6.45) is 4.50. The molecule has 0 spiro atoms. The minimum Gasteiger partial charge on any atom is -0.316 e. The van der Waals surface area contributed by atoms with E-state index in [9.17, 15) is 0 Å². The van der Waals surface area contributed by atoms with Gasteiger partial charge in [-0.3, -0.25) is 0 Å². The molecule has 2 atom stereocenters. The van der Waals surface area contributed by atoms with Crippen LogP contribution in [0, 0.1) is 17.8 Å². The molecule has 3 fully saturated rings. The summed E-state index contributed by atoms with van der Waals surface area (Å²) in [5.74, 6) is 3.03. The Morgan fingerprint density at radius 1 is 1.08 bits per heavy atom. The predicted octanol–water partition coefficient (Wildman–Crippen LogP) is 0.938. The second kappa shape index (κ2) is 3.25. The Hall–Kier alpha value is -0.0800. The summed E-state index contributed by atoms with van der Waals surface area (Å²) in [6, 6.07) is 0. The van der Waals surface area contributed by atoms with Gasteiger partial charge in [0.05, 0.1) is 0 Å². The lowest BCUT2D eigenvalue weighted by atomic mass is 9.85. The molecule has 3 aliphatic rings. The van der Waals surface area contributed by atoms with E-state index in [2.05, 4.69) is 10.2 Å². The Bertz CT molecular complexity index is 174. The lowest BCUT2D eigenvalue weighted by Crippen LogP contribution is -2.33. The molecule has 1 N–H and O–H groups in total. The number of hydrogen-bond acceptors (Lipinski definition) is 2. The Morgan fingerprint density at radius 3 is 2.31 bits per heavy atom. The number of fused-ring (bicyclic) bond motifs is 1. The number of nitrogens with zero attached hydrogens (tertiary/aromatic N) is 1. The largest absolute Gasteiger partial charge is 0.316 e. The second-order valence-corrected chi connectivity index (χ2v) is 5.19. The zero-order chi connectivity index (χ0) is 8.67. The van der Waals surface area contributed by atoms with Crippen LogP contribution in [0.1, 0.15) is 19.3 Å². The van der Waals surface area contributed by atoms with E-state index in [4.69, 9.17) is 0 Å². The molecule has 3 rings (SSSR count). The van der Waals surface area contributed by atoms with E-state index in [0.29, 0.717) is 0 Å². The van der Waals surface area contributed by atoms with E-state index in [1.54, 1.807) is 0 Å². The predicted molar refractivity (Wildman–Crippen MR) is 53.6 cm³/mol. The molecule has 2 heterocycles. The van der Waals surface area contributed by atoms with Crippen molar-refractivity contribution in [3.63, 3.8) is 0 Å². The van der Waals surface area contributed by atoms with Gasteiger partial charge in [0.2, 0.25) is 0 Å². The molecule has 1 saturated carbocycles. The number of hydrogen-bond donors (Lipinski definition) is 1. The summed E-state index contributed by atoms with van der Waals surface area (Å²) in [6.45, 7) is 6.74. The van der Waals surface area contributed by atoms with E-state index < -0.39 is 0 Å². The molecule has 0 bridgehead atoms. The first-order valence-electron chi connectivity index (χ1n) is 5.85. The molecule has 13 heavy (non-hydrogen) atoms. The van der Waals surface area contributed by atoms with Crippen LogP contribution >= 0.6 is 0 Å². The highest BCUT2D eigenvalue weighted by Gasteiger charge is 2.36. The first-order valence-corrected chi connectivity index (χ1v) is 5.85. The van der Waals surface area contributed by atoms with Gasteiger partial charge >= 0.3 is 0 Å². The van der Waals surface area contributed by atoms with Crippen LogP contribution in [-0.4, -0.2) is 37.6 Å². The lowest BCUT2D eigenvalue weighted by molar-refractivity contribution is 0.196. The Balaban J connectivity index is 1.51. The molecule has 0 amide bonds. The molecular formula is C11H20N2. The number of rotatable bonds is 2. The van der Waals surface area contributed by atoms with Crippen molar-refractivity contribution < 1.29 is 0 Å². The van der Waals surface area contributed by atoms with Crippen molar-refractivity contribution in [1.29, 1.82) is 0 Å². The van der Waals surface area contributed by atoms with Crippen LogP contribution < -0.4 is 5.32 Å². The Morgan fingerprint density at radius 2 is 1.77 bits per heavy atom. The Labute approximate surface area is 80.7 Å². The van der Waals surface area contributed by atoms with Crippen molar-refractivity contribution in [1.82, 2.24) is 10.2 Å². The minimum atomic E-state index is 0.986. The van der Waals surface area contributed by atoms with Crippen molar-refractivity contribution in [3.05, 3.63) is 0 Å². The van der Waals surface area contributed by atoms with Crippen molar-refractivity contribution in [3.8, 4) is 0 Å². The van der Waals surface area contributed by atoms with E-state index in [0.717, 1.165) is 17.8 Å². The summed E-state index contributed by atoms with van der Waals surface area (Å²) < 4.78 is 0. The van der Waals surface area contributed by atoms with E-state index in [1.165, 1.54) is 52.0 Å². The maximum Gasteiger partial charge on any atom is 0.00257 e. The molecule has 0 radical (unpaired) electrons. The minimum absolute atomic E-state index is 0.986. The first kappa shape index (κ1) is 8.25. The summed E-state index contributed by atoms with van der Waals surface area (Å²) >= 11 is 0. The van der Waals surface area contributed by atoms with Gasteiger partial charge < -0.3 is 10.2 Å². The van der Waals surface area contributed by atoms with Crippen LogP contribution in [0.3, 0.4) is 0 Å². The zero-order valence-electron chi connectivity index (χ0n) is 8.34. The van der Waals surface area contributed by atoms with Gasteiger partial charge in [-0.05, 0) is 43.7 Å². The molecule has 1 aliphatic carbocycles. The molecule has 0 aromatic carbocycles. The topological polar surface area (TPSA) is 15.3 Å². The van der Waals surface area contributed by atoms with Crippen LogP contribution in [0.15, 0.2) is 0 Å². The highest BCUT2D eigenvalue weighted by Crippen LogP contribution is 2.31. The highest BCUT2D eigenvalue weighted by atomic mass is 15.2. The smallest absolute Gasteiger partial charge is 0.00257 e. The van der Waals surface area contributed by atoms with Gasteiger partial charge in [0.1, 0.15) is 0 Å². The fourth-order valence-electron chi connectivity index (χ4n) is 3.14. The van der Waals surface area contributed by atoms with Crippen LogP contribution in [0.5, 0.6) is 0 Å². The van der Waals surface area contributed by atoms with Crippen LogP contribution in [-0.2, 0) is 0 Å². The summed E-state index contributed by atoms with van der Waals surface area (Å²) in [4.78, 5) is 2.72. The van der Waals surface area contributed by atoms with Gasteiger partial charge in [0.15, 0.2) is 0 Å². The van der Waals surface area contributed by atoms with E-state index >= 15 is 0 Å². The van der Waals surface area contributed by atoms with Gasteiger partial charge in [0, 0.05) is 19.6 Å². The molecule has 0 aromatic rings. The molecule has 74 valence electrons. The lowest BCUT2D eigenvalue weighted by Gasteiger charge is -2.30. The van der Waals surface area contributed by atoms with Crippen LogP contribution in [0.4, 0.5) is 0 Å². The number of likely N-dealkylation sites (tertiary alicyclic amines) is 1. The van der Waals surface area contributed by atoms with E-state index in [1.807, 2.05) is 0 Å². The monoisotopic (exact) mass is 180 g/mol. The average molecular weight is 180 g/mol. The molecule has 2 heteroatoms. The van der Waals surface area contributed by atoms with Crippen molar-refractivity contribution >= 4 is 0 Å². The third-order valence-corrected chi connectivity index (χ3v) is 4.21. The second-order valence-electron chi connectivity index (χ2n) is 5.19. The maximum absolute atomic E-state index is 3.50. The first-order chi connectivity index (χ1) is 6.42. The van der Waals surface area contributed by atoms with Crippen molar-refractivity contribution in [2.45, 2.75) is 19.3 Å². The van der Waals surface area contributed by atoms with Gasteiger partial charge in [-0.25, -0.2) is 0 Å². The van der Waals surface area contributed by atoms with Gasteiger partial charge in [-0.15, -0.1) is 0 Å². The van der Waals surface area contributed by atoms with Crippen molar-refractivity contribution in [2.75, 3.05) is 32.7 Å². The quantitative estimate of drug-likeness (QED) is 0.680. The number of nitrogens with one attached hydrogen (secondary N) is 1. The Kier molecular flexibility index (Phi) is 2.06. The molecule has 2 saturated heterocycles. The maximum atomic E-state index is 3.50. The summed E-state index contributed by atoms with van der Waals surface area (Å²) in [5, 5.41) is 3.50. The standard InChI is InChI=1S/C11H20N2/c1-2-9(3-1)6-13-7-10-4-12-5-11(10)8-13/h9-12H,1-8H2. The highest BCUT2D eigenvalue weighted by molar-refractivity contribution is 4.92. The molecule has 2 aliphatic heterocycles. The van der Waals surface area contributed by atoms with Gasteiger partial charge in [-0.2, -0.15) is 0 Å². The normalized spacial score (nSPS) is 40.6. The van der Waals surface area contributed by atoms with Crippen molar-refractivity contribution in [2.24, 2.45) is 17.8 Å². The molecule has 0 aromatic heterocycles. The fraction of sp³-hybridized carbons (Fsp3) is 1.00. The molecule has 2 unspecified atom stereocenters. The van der Waals surface area contributed by atoms with Gasteiger partial charge in [-0.1, -0.05) is 6.42 Å². The van der Waals surface area contributed by atoms with Gasteiger partial charge in [0.25, 0.3) is 0 Å². The average Bonchev–Trinajstić information content (AvgIpc) is 2.54. The third-order valence-electron chi connectivity index (χ3n) is 4.21. The molecule has 2 nitrogen and oxygen atoms in total. The fourth-order valence-corrected chi connectivity index (χ4v) is 3.14. The van der Waals surface area contributed by atoms with Crippen LogP contribution in [0.2, 0.25) is 0 Å². The summed E-state index contributed by atoms with van der Waals surface area (Å²) in [7, 11) is 0. The SMILES string of the molecule is C1CC(CN2CC3CNCC3C2)C1. The summed E-state index contributed by atoms with van der Waals surface area (Å²) in [5.41, 5.74) is 0. The third kappa shape index (κ3) is 1.50.